The minimum Gasteiger partial charge on any atom is -0.497 e. The van der Waals surface area contributed by atoms with Gasteiger partial charge < -0.3 is 9.84 Å². The second kappa shape index (κ2) is 4.12. The van der Waals surface area contributed by atoms with E-state index in [1.165, 1.54) is 13.2 Å². The Bertz CT molecular complexity index is 417. The topological polar surface area (TPSA) is 46.5 Å². The Morgan fingerprint density at radius 2 is 2.25 bits per heavy atom. The molecule has 0 saturated heterocycles. The van der Waals surface area contributed by atoms with Crippen molar-refractivity contribution in [3.05, 3.63) is 29.6 Å². The van der Waals surface area contributed by atoms with Crippen LogP contribution < -0.4 is 4.74 Å². The van der Waals surface area contributed by atoms with Crippen LogP contribution >= 0.6 is 0 Å². The zero-order valence-electron chi connectivity index (χ0n) is 8.94. The number of methoxy groups -OCH3 is 1. The normalized spacial score (nSPS) is 23.6. The number of halogens is 1. The summed E-state index contributed by atoms with van der Waals surface area (Å²) in [6, 6.07) is 4.58. The summed E-state index contributed by atoms with van der Waals surface area (Å²) in [5.74, 6) is -1.40. The molecule has 0 amide bonds. The van der Waals surface area contributed by atoms with Gasteiger partial charge in [0.15, 0.2) is 0 Å². The van der Waals surface area contributed by atoms with E-state index in [4.69, 9.17) is 9.84 Å². The Hall–Kier alpha value is -1.58. The van der Waals surface area contributed by atoms with E-state index in [1.54, 1.807) is 12.1 Å². The number of ether oxygens (including phenoxy) is 1. The van der Waals surface area contributed by atoms with Crippen molar-refractivity contribution < 1.29 is 19.0 Å². The molecule has 1 aromatic rings. The summed E-state index contributed by atoms with van der Waals surface area (Å²) in [6.07, 6.45) is 1.37. The van der Waals surface area contributed by atoms with Crippen molar-refractivity contribution in [1.29, 1.82) is 0 Å². The lowest BCUT2D eigenvalue weighted by Gasteiger charge is -2.33. The second-order valence-electron chi connectivity index (χ2n) is 4.02. The Balaban J connectivity index is 2.24. The van der Waals surface area contributed by atoms with Crippen LogP contribution in [0.15, 0.2) is 18.2 Å². The van der Waals surface area contributed by atoms with Crippen LogP contribution in [-0.2, 0) is 4.79 Å². The van der Waals surface area contributed by atoms with Gasteiger partial charge in [0.05, 0.1) is 13.0 Å². The number of rotatable bonds is 3. The SMILES string of the molecule is COc1ccc(C2CCC2C(=O)O)c(F)c1. The monoisotopic (exact) mass is 224 g/mol. The van der Waals surface area contributed by atoms with E-state index in [0.29, 0.717) is 17.7 Å². The van der Waals surface area contributed by atoms with Gasteiger partial charge in [0.1, 0.15) is 11.6 Å². The largest absolute Gasteiger partial charge is 0.497 e. The van der Waals surface area contributed by atoms with Crippen molar-refractivity contribution in [2.75, 3.05) is 7.11 Å². The van der Waals surface area contributed by atoms with Crippen LogP contribution in [0.1, 0.15) is 24.3 Å². The first-order chi connectivity index (χ1) is 7.63. The van der Waals surface area contributed by atoms with E-state index < -0.39 is 11.9 Å². The van der Waals surface area contributed by atoms with Crippen molar-refractivity contribution in [2.24, 2.45) is 5.92 Å². The minimum absolute atomic E-state index is 0.191. The smallest absolute Gasteiger partial charge is 0.307 e. The highest BCUT2D eigenvalue weighted by Gasteiger charge is 2.38. The fourth-order valence-electron chi connectivity index (χ4n) is 2.10. The van der Waals surface area contributed by atoms with Crippen molar-refractivity contribution in [3.63, 3.8) is 0 Å². The van der Waals surface area contributed by atoms with Gasteiger partial charge >= 0.3 is 5.97 Å². The van der Waals surface area contributed by atoms with Gasteiger partial charge in [-0.1, -0.05) is 6.07 Å². The number of carboxylic acid groups (broad SMARTS) is 1. The van der Waals surface area contributed by atoms with E-state index in [0.717, 1.165) is 6.42 Å². The number of aliphatic carboxylic acids is 1. The summed E-state index contributed by atoms with van der Waals surface area (Å²) < 4.78 is 18.6. The zero-order valence-corrected chi connectivity index (χ0v) is 8.94. The van der Waals surface area contributed by atoms with Gasteiger partial charge in [-0.3, -0.25) is 4.79 Å². The van der Waals surface area contributed by atoms with E-state index in [-0.39, 0.29) is 11.7 Å². The van der Waals surface area contributed by atoms with Crippen LogP contribution in [0.25, 0.3) is 0 Å². The highest BCUT2D eigenvalue weighted by molar-refractivity contribution is 5.72. The summed E-state index contributed by atoms with van der Waals surface area (Å²) in [4.78, 5) is 10.9. The Morgan fingerprint density at radius 3 is 2.69 bits per heavy atom. The first-order valence-electron chi connectivity index (χ1n) is 5.19. The predicted octanol–water partition coefficient (Wildman–Crippen LogP) is 2.41. The molecule has 3 nitrogen and oxygen atoms in total. The third-order valence-corrected chi connectivity index (χ3v) is 3.20. The Morgan fingerprint density at radius 1 is 1.50 bits per heavy atom. The second-order valence-corrected chi connectivity index (χ2v) is 4.02. The molecule has 16 heavy (non-hydrogen) atoms. The molecule has 2 rings (SSSR count). The molecule has 4 heteroatoms. The standard InChI is InChI=1S/C12H13FO3/c1-16-7-2-3-9(11(13)6-7)8-4-5-10(8)12(14)15/h2-3,6,8,10H,4-5H2,1H3,(H,14,15). The molecule has 1 aliphatic rings. The van der Waals surface area contributed by atoms with Gasteiger partial charge in [0, 0.05) is 12.0 Å². The van der Waals surface area contributed by atoms with Gasteiger partial charge in [0.25, 0.3) is 0 Å². The van der Waals surface area contributed by atoms with Gasteiger partial charge in [-0.15, -0.1) is 0 Å². The van der Waals surface area contributed by atoms with Crippen molar-refractivity contribution in [2.45, 2.75) is 18.8 Å². The summed E-state index contributed by atoms with van der Waals surface area (Å²) in [5.41, 5.74) is 0.486. The molecule has 1 aromatic carbocycles. The number of carbonyl (C=O) groups is 1. The van der Waals surface area contributed by atoms with E-state index >= 15 is 0 Å². The Labute approximate surface area is 92.9 Å². The Kier molecular flexibility index (Phi) is 2.81. The molecule has 2 unspecified atom stereocenters. The maximum Gasteiger partial charge on any atom is 0.307 e. The molecule has 0 aliphatic heterocycles. The molecule has 1 aliphatic carbocycles. The van der Waals surface area contributed by atoms with Crippen LogP contribution in [0.4, 0.5) is 4.39 Å². The molecule has 2 atom stereocenters. The molecule has 0 bridgehead atoms. The maximum atomic E-state index is 13.7. The molecular weight excluding hydrogens is 211 g/mol. The number of benzene rings is 1. The zero-order chi connectivity index (χ0) is 11.7. The number of hydrogen-bond acceptors (Lipinski definition) is 2. The maximum absolute atomic E-state index is 13.7. The first kappa shape index (κ1) is 10.9. The molecule has 1 saturated carbocycles. The minimum atomic E-state index is -0.841. The lowest BCUT2D eigenvalue weighted by molar-refractivity contribution is -0.145. The van der Waals surface area contributed by atoms with Crippen molar-refractivity contribution in [1.82, 2.24) is 0 Å². The first-order valence-corrected chi connectivity index (χ1v) is 5.19. The molecule has 0 radical (unpaired) electrons. The molecular formula is C12H13FO3. The summed E-state index contributed by atoms with van der Waals surface area (Å²) >= 11 is 0. The molecule has 1 N–H and O–H groups in total. The quantitative estimate of drug-likeness (QED) is 0.857. The lowest BCUT2D eigenvalue weighted by atomic mass is 9.70. The van der Waals surface area contributed by atoms with Crippen LogP contribution in [0.3, 0.4) is 0 Å². The average molecular weight is 224 g/mol. The fourth-order valence-corrected chi connectivity index (χ4v) is 2.10. The number of hydrogen-bond donors (Lipinski definition) is 1. The van der Waals surface area contributed by atoms with E-state index in [9.17, 15) is 9.18 Å². The lowest BCUT2D eigenvalue weighted by Crippen LogP contribution is -2.31. The average Bonchev–Trinajstić information content (AvgIpc) is 2.18. The van der Waals surface area contributed by atoms with Gasteiger partial charge in [0.2, 0.25) is 0 Å². The van der Waals surface area contributed by atoms with E-state index in [1.807, 2.05) is 0 Å². The summed E-state index contributed by atoms with van der Waals surface area (Å²) in [6.45, 7) is 0. The van der Waals surface area contributed by atoms with Gasteiger partial charge in [-0.25, -0.2) is 4.39 Å². The van der Waals surface area contributed by atoms with Crippen molar-refractivity contribution in [3.8, 4) is 5.75 Å². The molecule has 0 aromatic heterocycles. The highest BCUT2D eigenvalue weighted by atomic mass is 19.1. The van der Waals surface area contributed by atoms with E-state index in [2.05, 4.69) is 0 Å². The summed E-state index contributed by atoms with van der Waals surface area (Å²) in [7, 11) is 1.47. The third-order valence-electron chi connectivity index (χ3n) is 3.20. The fraction of sp³-hybridized carbons (Fsp3) is 0.417. The van der Waals surface area contributed by atoms with Crippen molar-refractivity contribution >= 4 is 5.97 Å². The van der Waals surface area contributed by atoms with Crippen LogP contribution in [-0.4, -0.2) is 18.2 Å². The molecule has 0 heterocycles. The van der Waals surface area contributed by atoms with Crippen LogP contribution in [0.2, 0.25) is 0 Å². The number of carboxylic acids is 1. The predicted molar refractivity (Wildman–Crippen MR) is 56.1 cm³/mol. The highest BCUT2D eigenvalue weighted by Crippen LogP contribution is 2.43. The summed E-state index contributed by atoms with van der Waals surface area (Å²) in [5, 5.41) is 8.91. The van der Waals surface area contributed by atoms with Crippen LogP contribution in [0.5, 0.6) is 5.75 Å². The van der Waals surface area contributed by atoms with Crippen LogP contribution in [0, 0.1) is 11.7 Å². The molecule has 0 spiro atoms. The third kappa shape index (κ3) is 1.75. The molecule has 86 valence electrons. The molecule has 1 fully saturated rings. The van der Waals surface area contributed by atoms with Gasteiger partial charge in [-0.05, 0) is 24.5 Å². The van der Waals surface area contributed by atoms with Gasteiger partial charge in [-0.2, -0.15) is 0 Å².